The molecule has 1 saturated heterocycles. The van der Waals surface area contributed by atoms with Gasteiger partial charge in [-0.3, -0.25) is 0 Å². The number of aliphatic hydroxyl groups is 1. The molecule has 2 aromatic carbocycles. The molecule has 0 spiro atoms. The molecule has 3 aromatic rings. The van der Waals surface area contributed by atoms with E-state index in [1.54, 1.807) is 0 Å². The molecule has 2 heterocycles. The van der Waals surface area contributed by atoms with Crippen LogP contribution < -0.4 is 10.2 Å². The van der Waals surface area contributed by atoms with Crippen LogP contribution in [0.1, 0.15) is 25.3 Å². The van der Waals surface area contributed by atoms with E-state index < -0.39 is 23.3 Å². The van der Waals surface area contributed by atoms with Gasteiger partial charge in [0.15, 0.2) is 0 Å². The number of piperidine rings is 1. The van der Waals surface area contributed by atoms with E-state index in [0.29, 0.717) is 0 Å². The lowest BCUT2D eigenvalue weighted by atomic mass is 9.85. The van der Waals surface area contributed by atoms with E-state index in [1.807, 2.05) is 19.1 Å². The highest BCUT2D eigenvalue weighted by Gasteiger charge is 2.40. The molecule has 0 radical (unpaired) electrons. The molecule has 0 unspecified atom stereocenters. The normalized spacial score (nSPS) is 17.8. The zero-order valence-corrected chi connectivity index (χ0v) is 19.3. The highest BCUT2D eigenvalue weighted by Crippen LogP contribution is 2.31. The highest BCUT2D eigenvalue weighted by molar-refractivity contribution is 9.10. The molecule has 9 heteroatoms. The van der Waals surface area contributed by atoms with Crippen LogP contribution in [0.4, 0.5) is 14.5 Å². The van der Waals surface area contributed by atoms with Gasteiger partial charge in [-0.15, -0.1) is 0 Å². The summed E-state index contributed by atoms with van der Waals surface area (Å²) >= 11 is 3.46. The summed E-state index contributed by atoms with van der Waals surface area (Å²) in [7, 11) is 0. The fourth-order valence-electron chi connectivity index (χ4n) is 4.30. The quantitative estimate of drug-likeness (QED) is 0.510. The molecule has 32 heavy (non-hydrogen) atoms. The standard InChI is InChI=1S/C23H26BrF2N5O/c1-16(29-19-8-10-30(11-9-19)20-5-2-17(24)3-6-20)23(32,13-31-15-27-14-28-31)21-7-4-18(25)12-22(21)26/h2-7,12,14-16,19,29,32H,8-11,13H2,1H3/t16-,23-/m1/s1. The molecule has 1 fully saturated rings. The van der Waals surface area contributed by atoms with Gasteiger partial charge in [-0.25, -0.2) is 18.4 Å². The van der Waals surface area contributed by atoms with Gasteiger partial charge in [-0.2, -0.15) is 5.10 Å². The minimum Gasteiger partial charge on any atom is -0.381 e. The van der Waals surface area contributed by atoms with E-state index in [4.69, 9.17) is 0 Å². The molecule has 0 bridgehead atoms. The van der Waals surface area contributed by atoms with Crippen molar-refractivity contribution in [1.29, 1.82) is 0 Å². The lowest BCUT2D eigenvalue weighted by molar-refractivity contribution is -0.0242. The second-order valence-electron chi connectivity index (χ2n) is 8.27. The van der Waals surface area contributed by atoms with Gasteiger partial charge < -0.3 is 15.3 Å². The number of hydrogen-bond donors (Lipinski definition) is 2. The van der Waals surface area contributed by atoms with E-state index >= 15 is 0 Å². The van der Waals surface area contributed by atoms with Crippen molar-refractivity contribution in [3.63, 3.8) is 0 Å². The molecule has 0 aliphatic carbocycles. The topological polar surface area (TPSA) is 66.2 Å². The molecule has 6 nitrogen and oxygen atoms in total. The van der Waals surface area contributed by atoms with Crippen LogP contribution in [0.15, 0.2) is 59.6 Å². The number of benzene rings is 2. The van der Waals surface area contributed by atoms with E-state index in [0.717, 1.165) is 42.5 Å². The molecule has 170 valence electrons. The van der Waals surface area contributed by atoms with Crippen LogP contribution in [-0.4, -0.2) is 45.0 Å². The minimum absolute atomic E-state index is 0.0124. The summed E-state index contributed by atoms with van der Waals surface area (Å²) in [4.78, 5) is 6.24. The number of halogens is 3. The first-order chi connectivity index (χ1) is 15.3. The van der Waals surface area contributed by atoms with Gasteiger partial charge in [0.05, 0.1) is 6.54 Å². The Kier molecular flexibility index (Phi) is 6.88. The van der Waals surface area contributed by atoms with E-state index in [9.17, 15) is 13.9 Å². The molecule has 1 aromatic heterocycles. The van der Waals surface area contributed by atoms with Crippen molar-refractivity contribution in [2.24, 2.45) is 0 Å². The Morgan fingerprint density at radius 2 is 1.91 bits per heavy atom. The van der Waals surface area contributed by atoms with Gasteiger partial charge in [0.1, 0.15) is 29.9 Å². The maximum absolute atomic E-state index is 14.7. The van der Waals surface area contributed by atoms with Crippen molar-refractivity contribution in [2.75, 3.05) is 18.0 Å². The van der Waals surface area contributed by atoms with Crippen molar-refractivity contribution in [3.8, 4) is 0 Å². The predicted octanol–water partition coefficient (Wildman–Crippen LogP) is 3.85. The van der Waals surface area contributed by atoms with Gasteiger partial charge in [-0.05, 0) is 50.1 Å². The van der Waals surface area contributed by atoms with E-state index in [2.05, 4.69) is 48.4 Å². The van der Waals surface area contributed by atoms with Crippen LogP contribution in [0.3, 0.4) is 0 Å². The lowest BCUT2D eigenvalue weighted by Crippen LogP contribution is -2.55. The number of hydrogen-bond acceptors (Lipinski definition) is 5. The summed E-state index contributed by atoms with van der Waals surface area (Å²) in [6.07, 6.45) is 4.59. The lowest BCUT2D eigenvalue weighted by Gasteiger charge is -2.40. The van der Waals surface area contributed by atoms with Gasteiger partial charge >= 0.3 is 0 Å². The van der Waals surface area contributed by atoms with Gasteiger partial charge in [-0.1, -0.05) is 22.0 Å². The molecule has 1 aliphatic heterocycles. The maximum Gasteiger partial charge on any atom is 0.137 e. The molecule has 1 aliphatic rings. The smallest absolute Gasteiger partial charge is 0.137 e. The second-order valence-corrected chi connectivity index (χ2v) is 9.18. The summed E-state index contributed by atoms with van der Waals surface area (Å²) in [5, 5.41) is 19.2. The Morgan fingerprint density at radius 3 is 2.53 bits per heavy atom. The summed E-state index contributed by atoms with van der Waals surface area (Å²) < 4.78 is 30.7. The molecule has 0 amide bonds. The Labute approximate surface area is 194 Å². The predicted molar refractivity (Wildman–Crippen MR) is 122 cm³/mol. The molecular formula is C23H26BrF2N5O. The zero-order valence-electron chi connectivity index (χ0n) is 17.8. The Hall–Kier alpha value is -2.36. The average Bonchev–Trinajstić information content (AvgIpc) is 3.27. The van der Waals surface area contributed by atoms with E-state index in [-0.39, 0.29) is 18.2 Å². The first-order valence-electron chi connectivity index (χ1n) is 10.6. The number of nitrogens with zero attached hydrogens (tertiary/aromatic N) is 4. The van der Waals surface area contributed by atoms with Crippen LogP contribution in [0.25, 0.3) is 0 Å². The monoisotopic (exact) mass is 505 g/mol. The molecule has 0 saturated carbocycles. The van der Waals surface area contributed by atoms with Crippen LogP contribution in [0.2, 0.25) is 0 Å². The Balaban J connectivity index is 1.48. The second kappa shape index (κ2) is 9.64. The van der Waals surface area contributed by atoms with Crippen molar-refractivity contribution < 1.29 is 13.9 Å². The van der Waals surface area contributed by atoms with Gasteiger partial charge in [0, 0.05) is 47.0 Å². The van der Waals surface area contributed by atoms with Crippen LogP contribution in [0.5, 0.6) is 0 Å². The van der Waals surface area contributed by atoms with Crippen molar-refractivity contribution in [2.45, 2.75) is 44.0 Å². The summed E-state index contributed by atoms with van der Waals surface area (Å²) in [5.41, 5.74) is -0.439. The van der Waals surface area contributed by atoms with E-state index in [1.165, 1.54) is 29.1 Å². The SMILES string of the molecule is C[C@@H](NC1CCN(c2ccc(Br)cc2)CC1)[C@](O)(Cn1cncn1)c1ccc(F)cc1F. The fraction of sp³-hybridized carbons (Fsp3) is 0.391. The molecule has 2 atom stereocenters. The Morgan fingerprint density at radius 1 is 1.19 bits per heavy atom. The third kappa shape index (κ3) is 5.00. The van der Waals surface area contributed by atoms with Crippen molar-refractivity contribution >= 4 is 21.6 Å². The first-order valence-corrected chi connectivity index (χ1v) is 11.4. The number of rotatable bonds is 7. The van der Waals surface area contributed by atoms with Gasteiger partial charge in [0.2, 0.25) is 0 Å². The number of aromatic nitrogens is 3. The highest BCUT2D eigenvalue weighted by atomic mass is 79.9. The first kappa shape index (κ1) is 22.8. The maximum atomic E-state index is 14.7. The third-order valence-corrected chi connectivity index (χ3v) is 6.68. The summed E-state index contributed by atoms with van der Waals surface area (Å²) in [5.74, 6) is -1.47. The molecule has 4 rings (SSSR count). The minimum atomic E-state index is -1.64. The molecule has 2 N–H and O–H groups in total. The van der Waals surface area contributed by atoms with Gasteiger partial charge in [0.25, 0.3) is 0 Å². The third-order valence-electron chi connectivity index (χ3n) is 6.16. The largest absolute Gasteiger partial charge is 0.381 e. The van der Waals surface area contributed by atoms with Crippen LogP contribution >= 0.6 is 15.9 Å². The average molecular weight is 506 g/mol. The number of anilines is 1. The Bertz CT molecular complexity index is 1030. The summed E-state index contributed by atoms with van der Waals surface area (Å²) in [6, 6.07) is 11.1. The molecular weight excluding hydrogens is 480 g/mol. The van der Waals surface area contributed by atoms with Crippen molar-refractivity contribution in [3.05, 3.63) is 76.8 Å². The summed E-state index contributed by atoms with van der Waals surface area (Å²) in [6.45, 7) is 3.55. The number of nitrogens with one attached hydrogen (secondary N) is 1. The zero-order chi connectivity index (χ0) is 22.7. The van der Waals surface area contributed by atoms with Crippen LogP contribution in [0, 0.1) is 11.6 Å². The van der Waals surface area contributed by atoms with Crippen molar-refractivity contribution in [1.82, 2.24) is 20.1 Å². The fourth-order valence-corrected chi connectivity index (χ4v) is 4.57. The van der Waals surface area contributed by atoms with Crippen LogP contribution in [-0.2, 0) is 12.1 Å².